The minimum absolute atomic E-state index is 0.00148. The predicted molar refractivity (Wildman–Crippen MR) is 100 cm³/mol. The Balaban J connectivity index is 1.68. The van der Waals surface area contributed by atoms with Gasteiger partial charge in [-0.3, -0.25) is 4.79 Å². The molecular weight excluding hydrogens is 450 g/mol. The molecule has 0 aliphatic rings. The van der Waals surface area contributed by atoms with Crippen molar-refractivity contribution in [3.8, 4) is 11.6 Å². The molecule has 4 nitrogen and oxygen atoms in total. The van der Waals surface area contributed by atoms with Crippen LogP contribution in [0.3, 0.4) is 0 Å². The van der Waals surface area contributed by atoms with Gasteiger partial charge >= 0.3 is 12.4 Å². The van der Waals surface area contributed by atoms with Crippen LogP contribution in [0, 0.1) is 0 Å². The lowest BCUT2D eigenvalue weighted by molar-refractivity contribution is -0.138. The Morgan fingerprint density at radius 1 is 0.871 bits per heavy atom. The van der Waals surface area contributed by atoms with Crippen LogP contribution in [-0.2, 0) is 12.4 Å². The maximum Gasteiger partial charge on any atom is 0.417 e. The zero-order valence-corrected chi connectivity index (χ0v) is 15.9. The summed E-state index contributed by atoms with van der Waals surface area (Å²) in [6.07, 6.45) is -8.43. The van der Waals surface area contributed by atoms with Crippen LogP contribution in [0.1, 0.15) is 21.5 Å². The van der Waals surface area contributed by atoms with Crippen LogP contribution >= 0.6 is 11.6 Å². The second-order valence-corrected chi connectivity index (χ2v) is 6.57. The molecule has 1 heterocycles. The lowest BCUT2D eigenvalue weighted by Gasteiger charge is -2.11. The minimum Gasteiger partial charge on any atom is -0.437 e. The number of pyridine rings is 1. The molecule has 0 aliphatic carbocycles. The van der Waals surface area contributed by atoms with Crippen molar-refractivity contribution in [3.05, 3.63) is 82.5 Å². The molecule has 0 saturated heterocycles. The van der Waals surface area contributed by atoms with Crippen LogP contribution in [0.2, 0.25) is 5.02 Å². The summed E-state index contributed by atoms with van der Waals surface area (Å²) >= 11 is 6.07. The highest BCUT2D eigenvalue weighted by molar-refractivity contribution is 6.32. The maximum atomic E-state index is 12.6. The van der Waals surface area contributed by atoms with Gasteiger partial charge in [-0.2, -0.15) is 26.3 Å². The number of ether oxygens (including phenoxy) is 1. The second-order valence-electron chi connectivity index (χ2n) is 6.16. The summed E-state index contributed by atoms with van der Waals surface area (Å²) < 4.78 is 80.8. The average molecular weight is 461 g/mol. The third kappa shape index (κ3) is 5.66. The molecule has 0 radical (unpaired) electrons. The first-order valence-electron chi connectivity index (χ1n) is 8.43. The Morgan fingerprint density at radius 2 is 1.48 bits per heavy atom. The number of amides is 1. The van der Waals surface area contributed by atoms with Crippen LogP contribution < -0.4 is 10.1 Å². The van der Waals surface area contributed by atoms with Crippen LogP contribution in [0.5, 0.6) is 11.6 Å². The van der Waals surface area contributed by atoms with Crippen LogP contribution in [0.15, 0.2) is 60.8 Å². The summed E-state index contributed by atoms with van der Waals surface area (Å²) in [5.74, 6) is -0.722. The van der Waals surface area contributed by atoms with E-state index in [9.17, 15) is 31.1 Å². The Bertz CT molecular complexity index is 1080. The lowest BCUT2D eigenvalue weighted by atomic mass is 10.1. The Kier molecular flexibility index (Phi) is 6.12. The molecular formula is C20H11ClF6N2O2. The smallest absolute Gasteiger partial charge is 0.417 e. The molecule has 0 aliphatic heterocycles. The van der Waals surface area contributed by atoms with E-state index in [0.717, 1.165) is 36.4 Å². The van der Waals surface area contributed by atoms with Gasteiger partial charge in [0.05, 0.1) is 16.1 Å². The van der Waals surface area contributed by atoms with Gasteiger partial charge in [0.15, 0.2) is 0 Å². The van der Waals surface area contributed by atoms with Gasteiger partial charge in [0.25, 0.3) is 5.91 Å². The number of carbonyl (C=O) groups excluding carboxylic acids is 1. The Morgan fingerprint density at radius 3 is 2.00 bits per heavy atom. The number of nitrogens with zero attached hydrogens (tertiary/aromatic N) is 1. The van der Waals surface area contributed by atoms with Gasteiger partial charge in [0.1, 0.15) is 5.75 Å². The van der Waals surface area contributed by atoms with E-state index in [2.05, 4.69) is 10.3 Å². The fourth-order valence-corrected chi connectivity index (χ4v) is 2.62. The number of aromatic nitrogens is 1. The van der Waals surface area contributed by atoms with E-state index in [0.29, 0.717) is 6.20 Å². The quantitative estimate of drug-likeness (QED) is 0.435. The molecule has 31 heavy (non-hydrogen) atoms. The standard InChI is InChI=1S/C20H11ClF6N2O2/c21-15-9-14(29-18(30)11-1-3-12(4-2-11)19(22,23)24)6-7-16(15)31-17-8-5-13(10-28-17)20(25,26)27/h1-10H,(H,29,30). The van der Waals surface area contributed by atoms with Crippen molar-refractivity contribution in [2.24, 2.45) is 0 Å². The molecule has 1 aromatic heterocycles. The second kappa shape index (κ2) is 8.46. The summed E-state index contributed by atoms with van der Waals surface area (Å²) in [5, 5.41) is 2.49. The maximum absolute atomic E-state index is 12.6. The van der Waals surface area contributed by atoms with E-state index < -0.39 is 29.4 Å². The first-order valence-corrected chi connectivity index (χ1v) is 8.80. The van der Waals surface area contributed by atoms with Crippen molar-refractivity contribution < 1.29 is 35.9 Å². The number of benzene rings is 2. The van der Waals surface area contributed by atoms with Crippen molar-refractivity contribution in [2.75, 3.05) is 5.32 Å². The fraction of sp³-hybridized carbons (Fsp3) is 0.100. The molecule has 11 heteroatoms. The average Bonchev–Trinajstić information content (AvgIpc) is 2.69. The molecule has 0 atom stereocenters. The summed E-state index contributed by atoms with van der Waals surface area (Å²) in [7, 11) is 0. The minimum atomic E-state index is -4.53. The lowest BCUT2D eigenvalue weighted by Crippen LogP contribution is -2.12. The molecule has 0 spiro atoms. The summed E-state index contributed by atoms with van der Waals surface area (Å²) in [6, 6.07) is 9.53. The number of carbonyl (C=O) groups is 1. The first-order chi connectivity index (χ1) is 14.4. The van der Waals surface area contributed by atoms with Gasteiger partial charge in [-0.15, -0.1) is 0 Å². The summed E-state index contributed by atoms with van der Waals surface area (Å²) in [5.41, 5.74) is -1.60. The Hall–Kier alpha value is -3.27. The molecule has 3 rings (SSSR count). The molecule has 1 N–H and O–H groups in total. The molecule has 0 saturated carbocycles. The van der Waals surface area contributed by atoms with Crippen molar-refractivity contribution in [1.82, 2.24) is 4.98 Å². The third-order valence-electron chi connectivity index (χ3n) is 3.94. The van der Waals surface area contributed by atoms with E-state index in [-0.39, 0.29) is 27.9 Å². The topological polar surface area (TPSA) is 51.2 Å². The molecule has 0 bridgehead atoms. The number of halogens is 7. The highest BCUT2D eigenvalue weighted by Gasteiger charge is 2.31. The van der Waals surface area contributed by atoms with Gasteiger partial charge in [0, 0.05) is 23.5 Å². The van der Waals surface area contributed by atoms with Crippen molar-refractivity contribution in [3.63, 3.8) is 0 Å². The zero-order valence-electron chi connectivity index (χ0n) is 15.2. The Labute approximate surface area is 176 Å². The van der Waals surface area contributed by atoms with E-state index in [1.54, 1.807) is 0 Å². The number of hydrogen-bond acceptors (Lipinski definition) is 3. The fourth-order valence-electron chi connectivity index (χ4n) is 2.40. The molecule has 1 amide bonds. The highest BCUT2D eigenvalue weighted by Crippen LogP contribution is 2.33. The van der Waals surface area contributed by atoms with Crippen LogP contribution in [0.25, 0.3) is 0 Å². The van der Waals surface area contributed by atoms with Gasteiger partial charge < -0.3 is 10.1 Å². The number of alkyl halides is 6. The largest absolute Gasteiger partial charge is 0.437 e. The number of nitrogens with one attached hydrogen (secondary N) is 1. The normalized spacial score (nSPS) is 11.8. The van der Waals surface area contributed by atoms with Gasteiger partial charge in [0.2, 0.25) is 5.88 Å². The number of rotatable bonds is 4. The van der Waals surface area contributed by atoms with E-state index in [1.807, 2.05) is 0 Å². The zero-order chi connectivity index (χ0) is 22.8. The summed E-state index contributed by atoms with van der Waals surface area (Å²) in [6.45, 7) is 0. The van der Waals surface area contributed by atoms with Crippen molar-refractivity contribution in [1.29, 1.82) is 0 Å². The monoisotopic (exact) mass is 460 g/mol. The SMILES string of the molecule is O=C(Nc1ccc(Oc2ccc(C(F)(F)F)cn2)c(Cl)c1)c1ccc(C(F)(F)F)cc1. The van der Waals surface area contributed by atoms with Gasteiger partial charge in [-0.25, -0.2) is 4.98 Å². The molecule has 0 fully saturated rings. The third-order valence-corrected chi connectivity index (χ3v) is 4.24. The van der Waals surface area contributed by atoms with Crippen molar-refractivity contribution >= 4 is 23.2 Å². The van der Waals surface area contributed by atoms with E-state index in [4.69, 9.17) is 16.3 Å². The summed E-state index contributed by atoms with van der Waals surface area (Å²) in [4.78, 5) is 15.8. The van der Waals surface area contributed by atoms with Crippen LogP contribution in [-0.4, -0.2) is 10.9 Å². The number of anilines is 1. The highest BCUT2D eigenvalue weighted by atomic mass is 35.5. The van der Waals surface area contributed by atoms with Crippen molar-refractivity contribution in [2.45, 2.75) is 12.4 Å². The van der Waals surface area contributed by atoms with Gasteiger partial charge in [-0.1, -0.05) is 11.6 Å². The molecule has 162 valence electrons. The number of hydrogen-bond donors (Lipinski definition) is 1. The van der Waals surface area contributed by atoms with Gasteiger partial charge in [-0.05, 0) is 48.5 Å². The van der Waals surface area contributed by atoms with E-state index in [1.165, 1.54) is 18.2 Å². The molecule has 0 unspecified atom stereocenters. The first kappa shape index (κ1) is 22.4. The molecule has 2 aromatic carbocycles. The predicted octanol–water partition coefficient (Wildman–Crippen LogP) is 6.82. The van der Waals surface area contributed by atoms with E-state index >= 15 is 0 Å². The van der Waals surface area contributed by atoms with Crippen LogP contribution in [0.4, 0.5) is 32.0 Å². The molecule has 3 aromatic rings.